The second-order valence-corrected chi connectivity index (χ2v) is 6.80. The molecule has 3 aliphatic heterocycles. The fourth-order valence-corrected chi connectivity index (χ4v) is 3.83. The van der Waals surface area contributed by atoms with Crippen molar-refractivity contribution in [2.45, 2.75) is 25.4 Å². The number of amides is 1. The summed E-state index contributed by atoms with van der Waals surface area (Å²) < 4.78 is 0. The Morgan fingerprint density at radius 1 is 1.24 bits per heavy atom. The van der Waals surface area contributed by atoms with Gasteiger partial charge in [0.05, 0.1) is 11.1 Å². The second-order valence-electron chi connectivity index (χ2n) is 6.80. The lowest BCUT2D eigenvalue weighted by atomic mass is 9.86. The first-order valence-electron chi connectivity index (χ1n) is 8.59. The topological polar surface area (TPSA) is 91.3 Å². The van der Waals surface area contributed by atoms with Crippen molar-refractivity contribution in [2.24, 2.45) is 5.92 Å². The predicted molar refractivity (Wildman–Crippen MR) is 93.1 cm³/mol. The van der Waals surface area contributed by atoms with E-state index in [0.29, 0.717) is 17.0 Å². The van der Waals surface area contributed by atoms with Gasteiger partial charge in [0.2, 0.25) is 0 Å². The number of nitro groups is 1. The maximum atomic E-state index is 12.5. The maximum Gasteiger partial charge on any atom is 0.270 e. The van der Waals surface area contributed by atoms with E-state index in [1.807, 2.05) is 0 Å². The second kappa shape index (κ2) is 6.33. The Kier molecular flexibility index (Phi) is 4.01. The number of aromatic nitrogens is 1. The van der Waals surface area contributed by atoms with E-state index in [4.69, 9.17) is 0 Å². The number of carbonyl (C=O) groups excluding carboxylic acids is 1. The molecule has 0 aliphatic carbocycles. The van der Waals surface area contributed by atoms with E-state index in [1.165, 1.54) is 25.0 Å². The molecule has 5 rings (SSSR count). The van der Waals surface area contributed by atoms with Crippen LogP contribution in [-0.4, -0.2) is 40.0 Å². The Morgan fingerprint density at radius 2 is 2.04 bits per heavy atom. The largest absolute Gasteiger partial charge is 0.351 e. The number of hydrogen-bond donors (Lipinski definition) is 2. The Bertz CT molecular complexity index is 808. The number of hydrogen-bond acceptors (Lipinski definition) is 4. The molecule has 3 aliphatic rings. The lowest BCUT2D eigenvalue weighted by Crippen LogP contribution is -2.56. The van der Waals surface area contributed by atoms with Gasteiger partial charge in [-0.3, -0.25) is 19.8 Å². The molecule has 3 fully saturated rings. The van der Waals surface area contributed by atoms with Crippen molar-refractivity contribution in [1.82, 2.24) is 15.2 Å². The van der Waals surface area contributed by atoms with Gasteiger partial charge in [0.15, 0.2) is 0 Å². The molecule has 7 heteroatoms. The number of carbonyl (C=O) groups is 1. The van der Waals surface area contributed by atoms with Crippen LogP contribution in [0.2, 0.25) is 0 Å². The maximum absolute atomic E-state index is 12.5. The van der Waals surface area contributed by atoms with E-state index >= 15 is 0 Å². The molecule has 1 atom stereocenters. The zero-order valence-electron chi connectivity index (χ0n) is 13.8. The summed E-state index contributed by atoms with van der Waals surface area (Å²) in [5, 5.41) is 14.0. The van der Waals surface area contributed by atoms with Gasteiger partial charge >= 0.3 is 0 Å². The number of H-pyrrole nitrogens is 1. The zero-order valence-corrected chi connectivity index (χ0v) is 13.8. The molecule has 0 radical (unpaired) electrons. The first-order valence-corrected chi connectivity index (χ1v) is 8.59. The minimum Gasteiger partial charge on any atom is -0.351 e. The summed E-state index contributed by atoms with van der Waals surface area (Å²) >= 11 is 0. The Morgan fingerprint density at radius 3 is 2.72 bits per heavy atom. The van der Waals surface area contributed by atoms with Crippen molar-refractivity contribution in [3.8, 4) is 11.3 Å². The standard InChI is InChI=1S/C18H20N4O3/c23-18(20-17-10-12-6-8-21(17)9-7-12)16-5-4-15(19-16)13-2-1-3-14(11-13)22(24)25/h1-5,11-12,17,19H,6-10H2,(H,20,23). The summed E-state index contributed by atoms with van der Waals surface area (Å²) in [4.78, 5) is 28.4. The summed E-state index contributed by atoms with van der Waals surface area (Å²) in [5.41, 5.74) is 1.89. The van der Waals surface area contributed by atoms with E-state index in [2.05, 4.69) is 15.2 Å². The van der Waals surface area contributed by atoms with E-state index in [1.54, 1.807) is 24.3 Å². The van der Waals surface area contributed by atoms with Crippen LogP contribution in [0.25, 0.3) is 11.3 Å². The van der Waals surface area contributed by atoms with Gasteiger partial charge in [0.25, 0.3) is 11.6 Å². The van der Waals surface area contributed by atoms with Crippen LogP contribution in [0, 0.1) is 16.0 Å². The molecule has 7 nitrogen and oxygen atoms in total. The molecule has 3 saturated heterocycles. The summed E-state index contributed by atoms with van der Waals surface area (Å²) in [6, 6.07) is 9.87. The highest BCUT2D eigenvalue weighted by molar-refractivity contribution is 5.93. The molecule has 2 N–H and O–H groups in total. The summed E-state index contributed by atoms with van der Waals surface area (Å²) in [6.45, 7) is 2.11. The molecule has 0 spiro atoms. The van der Waals surface area contributed by atoms with Crippen LogP contribution in [0.3, 0.4) is 0 Å². The fraction of sp³-hybridized carbons (Fsp3) is 0.389. The van der Waals surface area contributed by atoms with Crippen molar-refractivity contribution in [2.75, 3.05) is 13.1 Å². The molecule has 2 bridgehead atoms. The van der Waals surface area contributed by atoms with Crippen molar-refractivity contribution in [3.05, 3.63) is 52.2 Å². The van der Waals surface area contributed by atoms with Crippen molar-refractivity contribution < 1.29 is 9.72 Å². The average Bonchev–Trinajstić information content (AvgIpc) is 3.13. The number of rotatable bonds is 4. The molecule has 1 amide bonds. The van der Waals surface area contributed by atoms with Crippen LogP contribution in [-0.2, 0) is 0 Å². The van der Waals surface area contributed by atoms with Crippen LogP contribution in [0.5, 0.6) is 0 Å². The highest BCUT2D eigenvalue weighted by Gasteiger charge is 2.34. The van der Waals surface area contributed by atoms with Gasteiger partial charge in [-0.15, -0.1) is 0 Å². The molecule has 1 aromatic carbocycles. The smallest absolute Gasteiger partial charge is 0.270 e. The van der Waals surface area contributed by atoms with E-state index in [0.717, 1.165) is 25.4 Å². The summed E-state index contributed by atoms with van der Waals surface area (Å²) in [7, 11) is 0. The third-order valence-electron chi connectivity index (χ3n) is 5.24. The normalized spacial score (nSPS) is 24.9. The number of aromatic amines is 1. The molecule has 4 heterocycles. The van der Waals surface area contributed by atoms with Crippen LogP contribution in [0.15, 0.2) is 36.4 Å². The highest BCUT2D eigenvalue weighted by atomic mass is 16.6. The molecular formula is C18H20N4O3. The van der Waals surface area contributed by atoms with Gasteiger partial charge in [-0.25, -0.2) is 0 Å². The van der Waals surface area contributed by atoms with Crippen LogP contribution < -0.4 is 5.32 Å². The quantitative estimate of drug-likeness (QED) is 0.661. The molecule has 2 aromatic rings. The number of fused-ring (bicyclic) bond motifs is 3. The number of nitrogens with one attached hydrogen (secondary N) is 2. The van der Waals surface area contributed by atoms with Crippen molar-refractivity contribution in [3.63, 3.8) is 0 Å². The first kappa shape index (κ1) is 15.8. The summed E-state index contributed by atoms with van der Waals surface area (Å²) in [5.74, 6) is 0.591. The van der Waals surface area contributed by atoms with Crippen molar-refractivity contribution >= 4 is 11.6 Å². The SMILES string of the molecule is O=C(NC1CC2CCN1CC2)c1ccc(-c2cccc([N+](=O)[O-])c2)[nH]1. The number of piperidine rings is 3. The molecule has 130 valence electrons. The molecule has 1 unspecified atom stereocenters. The fourth-order valence-electron chi connectivity index (χ4n) is 3.83. The predicted octanol–water partition coefficient (Wildman–Crippen LogP) is 2.76. The first-order chi connectivity index (χ1) is 12.1. The van der Waals surface area contributed by atoms with Gasteiger partial charge in [-0.1, -0.05) is 12.1 Å². The van der Waals surface area contributed by atoms with E-state index in [9.17, 15) is 14.9 Å². The lowest BCUT2D eigenvalue weighted by molar-refractivity contribution is -0.384. The van der Waals surface area contributed by atoms with Crippen LogP contribution in [0.1, 0.15) is 29.8 Å². The van der Waals surface area contributed by atoms with Gasteiger partial charge in [-0.2, -0.15) is 0 Å². The van der Waals surface area contributed by atoms with Crippen molar-refractivity contribution in [1.29, 1.82) is 0 Å². The average molecular weight is 340 g/mol. The molecule has 1 aromatic heterocycles. The third-order valence-corrected chi connectivity index (χ3v) is 5.24. The molecule has 25 heavy (non-hydrogen) atoms. The zero-order chi connectivity index (χ0) is 17.4. The minimum absolute atomic E-state index is 0.0316. The van der Waals surface area contributed by atoms with Crippen LogP contribution in [0.4, 0.5) is 5.69 Å². The van der Waals surface area contributed by atoms with Gasteiger partial charge < -0.3 is 10.3 Å². The number of nitrogens with zero attached hydrogens (tertiary/aromatic N) is 2. The highest BCUT2D eigenvalue weighted by Crippen LogP contribution is 2.30. The van der Waals surface area contributed by atoms with Gasteiger partial charge in [-0.05, 0) is 37.3 Å². The minimum atomic E-state index is -0.424. The van der Waals surface area contributed by atoms with Crippen LogP contribution >= 0.6 is 0 Å². The van der Waals surface area contributed by atoms with E-state index in [-0.39, 0.29) is 17.8 Å². The molecule has 0 saturated carbocycles. The Balaban J connectivity index is 1.48. The molecular weight excluding hydrogens is 320 g/mol. The number of nitro benzene ring substituents is 1. The number of benzene rings is 1. The monoisotopic (exact) mass is 340 g/mol. The third kappa shape index (κ3) is 3.15. The lowest BCUT2D eigenvalue weighted by Gasteiger charge is -2.45. The van der Waals surface area contributed by atoms with Gasteiger partial charge in [0.1, 0.15) is 5.69 Å². The number of non-ortho nitro benzene ring substituents is 1. The Labute approximate surface area is 145 Å². The van der Waals surface area contributed by atoms with Gasteiger partial charge in [0, 0.05) is 36.5 Å². The van der Waals surface area contributed by atoms with E-state index < -0.39 is 4.92 Å². The summed E-state index contributed by atoms with van der Waals surface area (Å²) in [6.07, 6.45) is 3.59. The Hall–Kier alpha value is -2.67.